The molecular weight excluding hydrogens is 324 g/mol. The van der Waals surface area contributed by atoms with E-state index in [0.717, 1.165) is 6.42 Å². The molecule has 3 rings (SSSR count). The van der Waals surface area contributed by atoms with Crippen molar-refractivity contribution in [3.63, 3.8) is 0 Å². The summed E-state index contributed by atoms with van der Waals surface area (Å²) in [6.07, 6.45) is 1.14. The van der Waals surface area contributed by atoms with Gasteiger partial charge < -0.3 is 0 Å². The molecule has 0 N–H and O–H groups in total. The van der Waals surface area contributed by atoms with E-state index in [1.165, 1.54) is 27.8 Å². The summed E-state index contributed by atoms with van der Waals surface area (Å²) in [5, 5.41) is 0. The molecule has 0 nitrogen and oxygen atoms in total. The molecule has 0 bridgehead atoms. The lowest BCUT2D eigenvalue weighted by atomic mass is 9.87. The van der Waals surface area contributed by atoms with Gasteiger partial charge in [0.1, 0.15) is 0 Å². The number of hydrogen-bond acceptors (Lipinski definition) is 0. The number of aryl methyl sites for hydroxylation is 4. The largest absolute Gasteiger partial charge is 0.0622 e. The first-order valence-corrected chi connectivity index (χ1v) is 9.86. The summed E-state index contributed by atoms with van der Waals surface area (Å²) < 4.78 is 0. The molecule has 0 unspecified atom stereocenters. The molecule has 0 amide bonds. The van der Waals surface area contributed by atoms with Gasteiger partial charge in [0.2, 0.25) is 0 Å². The fourth-order valence-electron chi connectivity index (χ4n) is 2.41. The van der Waals surface area contributed by atoms with Crippen molar-refractivity contribution in [2.75, 3.05) is 0 Å². The molecule has 0 fully saturated rings. The van der Waals surface area contributed by atoms with Crippen molar-refractivity contribution in [2.24, 2.45) is 0 Å². The molecule has 0 heteroatoms. The molecule has 3 aromatic carbocycles. The van der Waals surface area contributed by atoms with Crippen LogP contribution in [0.3, 0.4) is 0 Å². The molecule has 0 saturated heterocycles. The Labute approximate surface area is 167 Å². The SMILES string of the molecule is CCc1ccc(C)cc1.Cc1ccc(C(C)(C)C)cc1.Cc1ccccc1. The average molecular weight is 361 g/mol. The van der Waals surface area contributed by atoms with Crippen LogP contribution in [-0.2, 0) is 11.8 Å². The van der Waals surface area contributed by atoms with E-state index in [0.29, 0.717) is 0 Å². The first-order chi connectivity index (χ1) is 12.7. The average Bonchev–Trinajstić information content (AvgIpc) is 2.64. The van der Waals surface area contributed by atoms with Crippen molar-refractivity contribution in [1.29, 1.82) is 0 Å². The molecule has 0 aliphatic rings. The fraction of sp³-hybridized carbons (Fsp3) is 0.333. The first-order valence-electron chi connectivity index (χ1n) is 9.86. The van der Waals surface area contributed by atoms with E-state index >= 15 is 0 Å². The Bertz CT molecular complexity index is 742. The Kier molecular flexibility index (Phi) is 9.58. The van der Waals surface area contributed by atoms with Crippen LogP contribution in [0.25, 0.3) is 0 Å². The third-order valence-electron chi connectivity index (χ3n) is 4.39. The van der Waals surface area contributed by atoms with Gasteiger partial charge in [-0.2, -0.15) is 0 Å². The normalized spacial score (nSPS) is 10.2. The molecule has 0 heterocycles. The summed E-state index contributed by atoms with van der Waals surface area (Å²) in [5.41, 5.74) is 7.10. The van der Waals surface area contributed by atoms with Crippen molar-refractivity contribution >= 4 is 0 Å². The van der Waals surface area contributed by atoms with E-state index in [9.17, 15) is 0 Å². The van der Waals surface area contributed by atoms with Gasteiger partial charge in [-0.05, 0) is 43.7 Å². The molecular formula is C27H36. The van der Waals surface area contributed by atoms with Gasteiger partial charge in [0.15, 0.2) is 0 Å². The third kappa shape index (κ3) is 9.80. The molecule has 0 aliphatic carbocycles. The summed E-state index contributed by atoms with van der Waals surface area (Å²) in [4.78, 5) is 0. The molecule has 0 aliphatic heterocycles. The van der Waals surface area contributed by atoms with E-state index < -0.39 is 0 Å². The van der Waals surface area contributed by atoms with Gasteiger partial charge in [0.25, 0.3) is 0 Å². The van der Waals surface area contributed by atoms with Gasteiger partial charge in [-0.25, -0.2) is 0 Å². The smallest absolute Gasteiger partial charge is 0.0132 e. The molecule has 144 valence electrons. The van der Waals surface area contributed by atoms with Crippen LogP contribution < -0.4 is 0 Å². The minimum Gasteiger partial charge on any atom is -0.0622 e. The van der Waals surface area contributed by atoms with Crippen molar-refractivity contribution in [3.8, 4) is 0 Å². The quantitative estimate of drug-likeness (QED) is 0.414. The van der Waals surface area contributed by atoms with Crippen LogP contribution in [-0.4, -0.2) is 0 Å². The summed E-state index contributed by atoms with van der Waals surface area (Å²) >= 11 is 0. The molecule has 0 spiro atoms. The number of rotatable bonds is 1. The minimum atomic E-state index is 0.285. The van der Waals surface area contributed by atoms with E-state index in [2.05, 4.69) is 109 Å². The van der Waals surface area contributed by atoms with E-state index in [1.54, 1.807) is 0 Å². The highest BCUT2D eigenvalue weighted by atomic mass is 14.2. The van der Waals surface area contributed by atoms with E-state index in [1.807, 2.05) is 18.2 Å². The lowest BCUT2D eigenvalue weighted by Gasteiger charge is -2.18. The monoisotopic (exact) mass is 360 g/mol. The Morgan fingerprint density at radius 1 is 0.556 bits per heavy atom. The predicted molar refractivity (Wildman–Crippen MR) is 122 cm³/mol. The minimum absolute atomic E-state index is 0.285. The molecule has 0 atom stereocenters. The van der Waals surface area contributed by atoms with Gasteiger partial charge in [-0.3, -0.25) is 0 Å². The lowest BCUT2D eigenvalue weighted by Crippen LogP contribution is -2.10. The zero-order valence-electron chi connectivity index (χ0n) is 18.2. The van der Waals surface area contributed by atoms with Crippen LogP contribution in [0, 0.1) is 20.8 Å². The maximum Gasteiger partial charge on any atom is -0.0132 e. The summed E-state index contributed by atoms with van der Waals surface area (Å²) in [6, 6.07) is 27.7. The standard InChI is InChI=1S/C11H16.C9H12.C7H8/c1-9-5-7-10(8-6-9)11(2,3)4;1-3-9-6-4-8(2)5-7-9;1-7-5-3-2-4-6-7/h5-8H,1-4H3;4-7H,3H2,1-2H3;2-6H,1H3. The third-order valence-corrected chi connectivity index (χ3v) is 4.39. The zero-order valence-corrected chi connectivity index (χ0v) is 18.2. The van der Waals surface area contributed by atoms with Gasteiger partial charge in [-0.1, -0.05) is 123 Å². The van der Waals surface area contributed by atoms with Crippen LogP contribution in [0.1, 0.15) is 55.5 Å². The second kappa shape index (κ2) is 11.4. The molecule has 0 aromatic heterocycles. The lowest BCUT2D eigenvalue weighted by molar-refractivity contribution is 0.590. The van der Waals surface area contributed by atoms with Crippen molar-refractivity contribution in [2.45, 2.75) is 60.3 Å². The maximum absolute atomic E-state index is 2.23. The van der Waals surface area contributed by atoms with Gasteiger partial charge in [0.05, 0.1) is 0 Å². The van der Waals surface area contributed by atoms with Gasteiger partial charge in [0, 0.05) is 0 Å². The van der Waals surface area contributed by atoms with Crippen molar-refractivity contribution in [1.82, 2.24) is 0 Å². The van der Waals surface area contributed by atoms with Crippen LogP contribution in [0.2, 0.25) is 0 Å². The van der Waals surface area contributed by atoms with Crippen molar-refractivity contribution in [3.05, 3.63) is 107 Å². The van der Waals surface area contributed by atoms with E-state index in [4.69, 9.17) is 0 Å². The number of hydrogen-bond donors (Lipinski definition) is 0. The molecule has 3 aromatic rings. The summed E-state index contributed by atoms with van der Waals surface area (Å²) in [7, 11) is 0. The van der Waals surface area contributed by atoms with Crippen LogP contribution in [0.15, 0.2) is 78.9 Å². The van der Waals surface area contributed by atoms with Crippen LogP contribution in [0.4, 0.5) is 0 Å². The fourth-order valence-corrected chi connectivity index (χ4v) is 2.41. The van der Waals surface area contributed by atoms with Gasteiger partial charge in [-0.15, -0.1) is 0 Å². The summed E-state index contributed by atoms with van der Waals surface area (Å²) in [5.74, 6) is 0. The topological polar surface area (TPSA) is 0 Å². The predicted octanol–water partition coefficient (Wildman–Crippen LogP) is 7.84. The van der Waals surface area contributed by atoms with Gasteiger partial charge >= 0.3 is 0 Å². The zero-order chi connectivity index (χ0) is 20.3. The highest BCUT2D eigenvalue weighted by Crippen LogP contribution is 2.21. The van der Waals surface area contributed by atoms with Crippen LogP contribution in [0.5, 0.6) is 0 Å². The first kappa shape index (κ1) is 22.7. The Balaban J connectivity index is 0.000000208. The number of benzene rings is 3. The second-order valence-electron chi connectivity index (χ2n) is 8.11. The highest BCUT2D eigenvalue weighted by Gasteiger charge is 2.11. The maximum atomic E-state index is 2.23. The second-order valence-corrected chi connectivity index (χ2v) is 8.11. The van der Waals surface area contributed by atoms with Crippen LogP contribution >= 0.6 is 0 Å². The Morgan fingerprint density at radius 3 is 1.30 bits per heavy atom. The molecule has 0 radical (unpaired) electrons. The highest BCUT2D eigenvalue weighted by molar-refractivity contribution is 5.26. The van der Waals surface area contributed by atoms with Crippen molar-refractivity contribution < 1.29 is 0 Å². The Hall–Kier alpha value is -2.34. The molecule has 0 saturated carbocycles. The van der Waals surface area contributed by atoms with E-state index in [-0.39, 0.29) is 5.41 Å². The summed E-state index contributed by atoms with van der Waals surface area (Å²) in [6.45, 7) is 15.2. The molecule has 27 heavy (non-hydrogen) atoms. The Morgan fingerprint density at radius 2 is 0.963 bits per heavy atom.